The quantitative estimate of drug-likeness (QED) is 0.823. The Hall–Kier alpha value is -1.75. The van der Waals surface area contributed by atoms with Gasteiger partial charge in [0.1, 0.15) is 6.10 Å². The van der Waals surface area contributed by atoms with E-state index in [1.807, 2.05) is 36.4 Å². The smallest absolute Gasteiger partial charge is 0.162 e. The normalized spacial score (nSPS) is 13.5. The van der Waals surface area contributed by atoms with Gasteiger partial charge in [0.15, 0.2) is 17.6 Å². The average Bonchev–Trinajstić information content (AvgIpc) is 2.54. The number of nitrogens with one attached hydrogen (secondary N) is 1. The number of rotatable bonds is 7. The Morgan fingerprint density at radius 3 is 2.32 bits per heavy atom. The fourth-order valence-electron chi connectivity index (χ4n) is 2.19. The second-order valence-corrected chi connectivity index (χ2v) is 5.30. The molecule has 22 heavy (non-hydrogen) atoms. The number of hydrogen-bond acceptors (Lipinski definition) is 4. The highest BCUT2D eigenvalue weighted by Crippen LogP contribution is 2.32. The number of aliphatic hydroxyl groups is 1. The lowest BCUT2D eigenvalue weighted by molar-refractivity contribution is 0.0354. The molecule has 0 aliphatic heterocycles. The molecule has 4 nitrogen and oxygen atoms in total. The van der Waals surface area contributed by atoms with E-state index in [1.165, 1.54) is 0 Å². The summed E-state index contributed by atoms with van der Waals surface area (Å²) in [6.07, 6.45) is -1.24. The van der Waals surface area contributed by atoms with Crippen molar-refractivity contribution in [2.45, 2.75) is 12.2 Å². The van der Waals surface area contributed by atoms with Crippen LogP contribution in [0.4, 0.5) is 0 Å². The first-order chi connectivity index (χ1) is 10.7. The van der Waals surface area contributed by atoms with Crippen molar-refractivity contribution in [2.75, 3.05) is 20.7 Å². The van der Waals surface area contributed by atoms with Crippen LogP contribution in [-0.2, 0) is 0 Å². The molecule has 2 rings (SSSR count). The lowest BCUT2D eigenvalue weighted by atomic mass is 10.0. The van der Waals surface area contributed by atoms with Gasteiger partial charge in [-0.1, -0.05) is 35.9 Å². The Morgan fingerprint density at radius 1 is 1.09 bits per heavy atom. The van der Waals surface area contributed by atoms with Gasteiger partial charge in [0.2, 0.25) is 0 Å². The molecule has 5 heteroatoms. The highest BCUT2D eigenvalue weighted by Gasteiger charge is 2.24. The highest BCUT2D eigenvalue weighted by atomic mass is 35.5. The first kappa shape index (κ1) is 16.6. The molecule has 0 aliphatic rings. The van der Waals surface area contributed by atoms with E-state index in [4.69, 9.17) is 21.1 Å². The van der Waals surface area contributed by atoms with Gasteiger partial charge in [0, 0.05) is 11.6 Å². The highest BCUT2D eigenvalue weighted by molar-refractivity contribution is 6.30. The molecular formula is C17H20ClNO3. The molecule has 0 radical (unpaired) electrons. The summed E-state index contributed by atoms with van der Waals surface area (Å²) >= 11 is 5.93. The molecule has 118 valence electrons. The van der Waals surface area contributed by atoms with Gasteiger partial charge in [-0.05, 0) is 36.9 Å². The van der Waals surface area contributed by atoms with E-state index in [2.05, 4.69) is 5.32 Å². The van der Waals surface area contributed by atoms with Crippen molar-refractivity contribution < 1.29 is 14.6 Å². The maximum absolute atomic E-state index is 10.4. The van der Waals surface area contributed by atoms with E-state index in [9.17, 15) is 5.11 Å². The Labute approximate surface area is 135 Å². The first-order valence-electron chi connectivity index (χ1n) is 7.03. The largest absolute Gasteiger partial charge is 0.493 e. The van der Waals surface area contributed by atoms with Gasteiger partial charge >= 0.3 is 0 Å². The van der Waals surface area contributed by atoms with Gasteiger partial charge in [-0.2, -0.15) is 0 Å². The molecule has 0 spiro atoms. The van der Waals surface area contributed by atoms with E-state index < -0.39 is 12.2 Å². The second kappa shape index (κ2) is 8.03. The van der Waals surface area contributed by atoms with Gasteiger partial charge in [-0.3, -0.25) is 0 Å². The lowest BCUT2D eigenvalue weighted by Crippen LogP contribution is -2.32. The molecule has 2 aromatic rings. The molecule has 0 fully saturated rings. The van der Waals surface area contributed by atoms with Crippen LogP contribution in [0.25, 0.3) is 0 Å². The third-order valence-corrected chi connectivity index (χ3v) is 3.54. The zero-order valence-corrected chi connectivity index (χ0v) is 13.4. The minimum atomic E-state index is -0.712. The molecule has 0 aliphatic carbocycles. The molecule has 0 saturated heterocycles. The maximum atomic E-state index is 10.4. The fourth-order valence-corrected chi connectivity index (χ4v) is 2.32. The molecule has 2 N–H and O–H groups in total. The summed E-state index contributed by atoms with van der Waals surface area (Å²) in [5, 5.41) is 14.0. The Kier molecular flexibility index (Phi) is 6.07. The zero-order chi connectivity index (χ0) is 15.9. The number of likely N-dealkylation sites (N-methyl/N-ethyl adjacent to an activating group) is 1. The number of benzene rings is 2. The summed E-state index contributed by atoms with van der Waals surface area (Å²) in [4.78, 5) is 0. The van der Waals surface area contributed by atoms with Gasteiger partial charge < -0.3 is 19.9 Å². The molecule has 0 saturated carbocycles. The lowest BCUT2D eigenvalue weighted by Gasteiger charge is -2.25. The van der Waals surface area contributed by atoms with Crippen LogP contribution in [-0.4, -0.2) is 31.9 Å². The van der Waals surface area contributed by atoms with Crippen molar-refractivity contribution in [3.8, 4) is 11.5 Å². The summed E-state index contributed by atoms with van der Waals surface area (Å²) in [7, 11) is 3.37. The molecule has 0 bridgehead atoms. The van der Waals surface area contributed by atoms with E-state index in [0.717, 1.165) is 5.56 Å². The molecule has 0 amide bonds. The minimum Gasteiger partial charge on any atom is -0.493 e. The monoisotopic (exact) mass is 321 g/mol. The fraction of sp³-hybridized carbons (Fsp3) is 0.294. The van der Waals surface area contributed by atoms with Crippen LogP contribution in [0.15, 0.2) is 48.5 Å². The van der Waals surface area contributed by atoms with Crippen LogP contribution in [0.2, 0.25) is 5.02 Å². The zero-order valence-electron chi connectivity index (χ0n) is 12.6. The molecule has 0 aromatic heterocycles. The molecule has 0 heterocycles. The van der Waals surface area contributed by atoms with E-state index in [0.29, 0.717) is 23.1 Å². The first-order valence-corrected chi connectivity index (χ1v) is 7.41. The van der Waals surface area contributed by atoms with Crippen LogP contribution < -0.4 is 14.8 Å². The Balaban J connectivity index is 2.30. The third kappa shape index (κ3) is 4.13. The number of methoxy groups -OCH3 is 1. The summed E-state index contributed by atoms with van der Waals surface area (Å²) in [5.41, 5.74) is 0.845. The van der Waals surface area contributed by atoms with E-state index in [1.54, 1.807) is 26.3 Å². The summed E-state index contributed by atoms with van der Waals surface area (Å²) in [6.45, 7) is 0.405. The summed E-state index contributed by atoms with van der Waals surface area (Å²) in [6, 6.07) is 14.6. The van der Waals surface area contributed by atoms with Crippen molar-refractivity contribution in [3.63, 3.8) is 0 Å². The number of aliphatic hydroxyl groups excluding tert-OH is 1. The van der Waals surface area contributed by atoms with Crippen molar-refractivity contribution in [3.05, 3.63) is 59.1 Å². The summed E-state index contributed by atoms with van der Waals surface area (Å²) < 4.78 is 11.3. The van der Waals surface area contributed by atoms with Crippen LogP contribution >= 0.6 is 11.6 Å². The van der Waals surface area contributed by atoms with E-state index >= 15 is 0 Å². The standard InChI is InChI=1S/C17H20ClNO3/c1-19-11-14(20)17(12-7-9-13(18)10-8-12)22-16-6-4-3-5-15(16)21-2/h3-10,14,17,19-20H,11H2,1-2H3. The second-order valence-electron chi connectivity index (χ2n) is 4.87. The van der Waals surface area contributed by atoms with Crippen LogP contribution in [0.3, 0.4) is 0 Å². The molecule has 2 atom stereocenters. The third-order valence-electron chi connectivity index (χ3n) is 3.28. The predicted octanol–water partition coefficient (Wildman–Crippen LogP) is 3.05. The number of ether oxygens (including phenoxy) is 2. The van der Waals surface area contributed by atoms with Crippen molar-refractivity contribution in [1.29, 1.82) is 0 Å². The Bertz CT molecular complexity index is 589. The number of para-hydroxylation sites is 2. The van der Waals surface area contributed by atoms with Gasteiger partial charge in [-0.15, -0.1) is 0 Å². The van der Waals surface area contributed by atoms with Crippen molar-refractivity contribution >= 4 is 11.6 Å². The van der Waals surface area contributed by atoms with Gasteiger partial charge in [0.05, 0.1) is 7.11 Å². The average molecular weight is 322 g/mol. The van der Waals surface area contributed by atoms with E-state index in [-0.39, 0.29) is 0 Å². The molecular weight excluding hydrogens is 302 g/mol. The minimum absolute atomic E-state index is 0.405. The van der Waals surface area contributed by atoms with Crippen LogP contribution in [0.5, 0.6) is 11.5 Å². The predicted molar refractivity (Wildman–Crippen MR) is 87.7 cm³/mol. The number of hydrogen-bond donors (Lipinski definition) is 2. The molecule has 2 aromatic carbocycles. The van der Waals surface area contributed by atoms with Gasteiger partial charge in [0.25, 0.3) is 0 Å². The van der Waals surface area contributed by atoms with Gasteiger partial charge in [-0.25, -0.2) is 0 Å². The van der Waals surface area contributed by atoms with Crippen LogP contribution in [0.1, 0.15) is 11.7 Å². The molecule has 2 unspecified atom stereocenters. The number of halogens is 1. The summed E-state index contributed by atoms with van der Waals surface area (Å²) in [5.74, 6) is 1.21. The SMILES string of the molecule is CNCC(O)C(Oc1ccccc1OC)c1ccc(Cl)cc1. The van der Waals surface area contributed by atoms with Crippen LogP contribution in [0, 0.1) is 0 Å². The maximum Gasteiger partial charge on any atom is 0.162 e. The topological polar surface area (TPSA) is 50.7 Å². The van der Waals surface area contributed by atoms with Crippen molar-refractivity contribution in [1.82, 2.24) is 5.32 Å². The Morgan fingerprint density at radius 2 is 1.73 bits per heavy atom. The van der Waals surface area contributed by atoms with Crippen molar-refractivity contribution in [2.24, 2.45) is 0 Å².